The van der Waals surface area contributed by atoms with E-state index in [2.05, 4.69) is 16.0 Å². The van der Waals surface area contributed by atoms with Crippen molar-refractivity contribution in [3.05, 3.63) is 0 Å². The van der Waals surface area contributed by atoms with Gasteiger partial charge in [0.1, 0.15) is 18.1 Å². The van der Waals surface area contributed by atoms with Crippen molar-refractivity contribution < 1.29 is 29.1 Å². The molecule has 0 fully saturated rings. The Bertz CT molecular complexity index is 690. The Hall–Kier alpha value is -2.34. The van der Waals surface area contributed by atoms with Crippen molar-refractivity contribution in [2.45, 2.75) is 77.5 Å². The topological polar surface area (TPSA) is 194 Å². The second kappa shape index (κ2) is 15.5. The van der Waals surface area contributed by atoms with Crippen LogP contribution in [0.3, 0.4) is 0 Å². The first-order chi connectivity index (χ1) is 15.3. The predicted molar refractivity (Wildman–Crippen MR) is 127 cm³/mol. The first-order valence-electron chi connectivity index (χ1n) is 11.0. The Morgan fingerprint density at radius 3 is 1.94 bits per heavy atom. The fourth-order valence-electron chi connectivity index (χ4n) is 2.84. The summed E-state index contributed by atoms with van der Waals surface area (Å²) in [6, 6.07) is -4.06. The Kier molecular flexibility index (Phi) is 14.4. The highest BCUT2D eigenvalue weighted by Crippen LogP contribution is 2.11. The fraction of sp³-hybridized carbons (Fsp3) is 0.762. The lowest BCUT2D eigenvalue weighted by Crippen LogP contribution is -2.59. The van der Waals surface area contributed by atoms with Crippen LogP contribution in [0.15, 0.2) is 0 Å². The number of primary amides is 1. The van der Waals surface area contributed by atoms with Crippen LogP contribution in [-0.4, -0.2) is 70.9 Å². The molecule has 0 bridgehead atoms. The summed E-state index contributed by atoms with van der Waals surface area (Å²) in [5, 5.41) is 17.0. The van der Waals surface area contributed by atoms with Gasteiger partial charge in [-0.05, 0) is 36.7 Å². The third-order valence-electron chi connectivity index (χ3n) is 5.35. The number of nitrogens with one attached hydrogen (secondary N) is 3. The molecular formula is C21H39N5O6S. The lowest BCUT2D eigenvalue weighted by Gasteiger charge is -2.28. The van der Waals surface area contributed by atoms with E-state index < -0.39 is 53.8 Å². The monoisotopic (exact) mass is 489 g/mol. The molecule has 0 spiro atoms. The van der Waals surface area contributed by atoms with E-state index in [0.717, 1.165) is 0 Å². The van der Waals surface area contributed by atoms with Crippen LogP contribution >= 0.6 is 11.8 Å². The van der Waals surface area contributed by atoms with E-state index in [-0.39, 0.29) is 31.1 Å². The average Bonchev–Trinajstić information content (AvgIpc) is 2.75. The van der Waals surface area contributed by atoms with Gasteiger partial charge in [0, 0.05) is 6.42 Å². The molecule has 0 radical (unpaired) electrons. The summed E-state index contributed by atoms with van der Waals surface area (Å²) in [4.78, 5) is 60.8. The van der Waals surface area contributed by atoms with Crippen LogP contribution in [0.5, 0.6) is 0 Å². The molecule has 0 aliphatic carbocycles. The Balaban J connectivity index is 5.52. The van der Waals surface area contributed by atoms with Crippen molar-refractivity contribution in [2.75, 3.05) is 12.0 Å². The van der Waals surface area contributed by atoms with Gasteiger partial charge in [0.2, 0.25) is 23.6 Å². The third kappa shape index (κ3) is 11.4. The van der Waals surface area contributed by atoms with Crippen LogP contribution in [0.1, 0.15) is 53.4 Å². The van der Waals surface area contributed by atoms with E-state index >= 15 is 0 Å². The standard InChI is InChI=1S/C21H39N5O6S/c1-6-12(4)17(26-19(29)16(23)11(2)3)20(30)24-13(9-10-33-5)18(28)25-14(21(31)32)7-8-15(22)27/h11-14,16-17H,6-10,23H2,1-5H3,(H2,22,27)(H,24,30)(H,25,28)(H,26,29)(H,31,32). The van der Waals surface area contributed by atoms with Crippen molar-refractivity contribution in [1.82, 2.24) is 16.0 Å². The number of carboxylic acids is 1. The second-order valence-corrected chi connectivity index (χ2v) is 9.37. The first-order valence-corrected chi connectivity index (χ1v) is 12.4. The SMILES string of the molecule is CCC(C)C(NC(=O)C(N)C(C)C)C(=O)NC(CCSC)C(=O)NC(CCC(N)=O)C(=O)O. The van der Waals surface area contributed by atoms with E-state index in [9.17, 15) is 29.1 Å². The van der Waals surface area contributed by atoms with Crippen molar-refractivity contribution in [3.8, 4) is 0 Å². The highest BCUT2D eigenvalue weighted by atomic mass is 32.2. The maximum absolute atomic E-state index is 13.1. The Morgan fingerprint density at radius 2 is 1.48 bits per heavy atom. The molecule has 0 heterocycles. The zero-order chi connectivity index (χ0) is 25.7. The fourth-order valence-corrected chi connectivity index (χ4v) is 3.31. The van der Waals surface area contributed by atoms with Crippen LogP contribution in [0.4, 0.5) is 0 Å². The smallest absolute Gasteiger partial charge is 0.326 e. The molecule has 0 aliphatic heterocycles. The number of thioether (sulfide) groups is 1. The van der Waals surface area contributed by atoms with Gasteiger partial charge in [-0.25, -0.2) is 4.79 Å². The van der Waals surface area contributed by atoms with Crippen molar-refractivity contribution in [1.29, 1.82) is 0 Å². The van der Waals surface area contributed by atoms with Gasteiger partial charge in [-0.1, -0.05) is 34.1 Å². The maximum atomic E-state index is 13.1. The van der Waals surface area contributed by atoms with Gasteiger partial charge < -0.3 is 32.5 Å². The largest absolute Gasteiger partial charge is 0.480 e. The summed E-state index contributed by atoms with van der Waals surface area (Å²) in [6.45, 7) is 7.26. The van der Waals surface area contributed by atoms with Crippen molar-refractivity contribution in [3.63, 3.8) is 0 Å². The third-order valence-corrected chi connectivity index (χ3v) is 6.00. The summed E-state index contributed by atoms with van der Waals surface area (Å²) in [5.41, 5.74) is 11.0. The second-order valence-electron chi connectivity index (χ2n) is 8.39. The number of hydrogen-bond acceptors (Lipinski definition) is 7. The number of carboxylic acid groups (broad SMARTS) is 1. The molecule has 8 N–H and O–H groups in total. The minimum absolute atomic E-state index is 0.126. The van der Waals surface area contributed by atoms with Crippen LogP contribution in [0.25, 0.3) is 0 Å². The Morgan fingerprint density at radius 1 is 0.909 bits per heavy atom. The lowest BCUT2D eigenvalue weighted by molar-refractivity contribution is -0.142. The van der Waals surface area contributed by atoms with E-state index in [4.69, 9.17) is 11.5 Å². The molecule has 0 aromatic carbocycles. The summed E-state index contributed by atoms with van der Waals surface area (Å²) in [7, 11) is 0. The number of carbonyl (C=O) groups is 5. The highest BCUT2D eigenvalue weighted by Gasteiger charge is 2.32. The minimum Gasteiger partial charge on any atom is -0.480 e. The van der Waals surface area contributed by atoms with Gasteiger partial charge in [0.05, 0.1) is 6.04 Å². The molecule has 11 nitrogen and oxygen atoms in total. The van der Waals surface area contributed by atoms with Crippen LogP contribution in [0.2, 0.25) is 0 Å². The van der Waals surface area contributed by atoms with Gasteiger partial charge >= 0.3 is 5.97 Å². The quantitative estimate of drug-likeness (QED) is 0.168. The van der Waals surface area contributed by atoms with Gasteiger partial charge in [-0.15, -0.1) is 0 Å². The van der Waals surface area contributed by atoms with Gasteiger partial charge in [-0.3, -0.25) is 19.2 Å². The van der Waals surface area contributed by atoms with Gasteiger partial charge in [-0.2, -0.15) is 11.8 Å². The first kappa shape index (κ1) is 30.7. The van der Waals surface area contributed by atoms with Crippen molar-refractivity contribution in [2.24, 2.45) is 23.3 Å². The summed E-state index contributed by atoms with van der Waals surface area (Å²) >= 11 is 1.46. The summed E-state index contributed by atoms with van der Waals surface area (Å²) in [5.74, 6) is -3.55. The number of nitrogens with two attached hydrogens (primary N) is 2. The summed E-state index contributed by atoms with van der Waals surface area (Å²) < 4.78 is 0. The number of aliphatic carboxylic acids is 1. The zero-order valence-corrected chi connectivity index (χ0v) is 20.9. The van der Waals surface area contributed by atoms with Crippen LogP contribution < -0.4 is 27.4 Å². The molecule has 33 heavy (non-hydrogen) atoms. The zero-order valence-electron chi connectivity index (χ0n) is 20.1. The normalized spacial score (nSPS) is 15.6. The summed E-state index contributed by atoms with van der Waals surface area (Å²) in [6.07, 6.45) is 2.29. The van der Waals surface area contributed by atoms with E-state index in [1.54, 1.807) is 20.8 Å². The highest BCUT2D eigenvalue weighted by molar-refractivity contribution is 7.98. The Labute approximate surface area is 199 Å². The van der Waals surface area contributed by atoms with Gasteiger partial charge in [0.25, 0.3) is 0 Å². The number of carbonyl (C=O) groups excluding carboxylic acids is 4. The maximum Gasteiger partial charge on any atom is 0.326 e. The predicted octanol–water partition coefficient (Wildman–Crippen LogP) is -0.427. The number of hydrogen-bond donors (Lipinski definition) is 6. The molecule has 5 atom stereocenters. The van der Waals surface area contributed by atoms with E-state index in [1.807, 2.05) is 13.2 Å². The molecule has 0 aromatic rings. The molecule has 12 heteroatoms. The lowest BCUT2D eigenvalue weighted by atomic mass is 9.96. The molecule has 4 amide bonds. The van der Waals surface area contributed by atoms with E-state index in [0.29, 0.717) is 12.2 Å². The molecule has 0 aliphatic rings. The molecule has 0 rings (SSSR count). The number of amides is 4. The molecular weight excluding hydrogens is 450 g/mol. The molecule has 0 saturated carbocycles. The molecule has 0 saturated heterocycles. The number of rotatable bonds is 16. The van der Waals surface area contributed by atoms with Crippen LogP contribution in [0, 0.1) is 11.8 Å². The van der Waals surface area contributed by atoms with Crippen LogP contribution in [-0.2, 0) is 24.0 Å². The van der Waals surface area contributed by atoms with Crippen molar-refractivity contribution >= 4 is 41.4 Å². The molecule has 0 aromatic heterocycles. The minimum atomic E-state index is -1.33. The van der Waals surface area contributed by atoms with E-state index in [1.165, 1.54) is 11.8 Å². The average molecular weight is 490 g/mol. The molecule has 190 valence electrons. The molecule has 5 unspecified atom stereocenters. The van der Waals surface area contributed by atoms with Gasteiger partial charge in [0.15, 0.2) is 0 Å².